The molecule has 2 aromatic carbocycles. The largest absolute Gasteiger partial charge is 0.480 e. The Labute approximate surface area is 205 Å². The van der Waals surface area contributed by atoms with Gasteiger partial charge < -0.3 is 20.1 Å². The molecule has 1 saturated heterocycles. The summed E-state index contributed by atoms with van der Waals surface area (Å²) in [6.07, 6.45) is 3.95. The van der Waals surface area contributed by atoms with Crippen LogP contribution in [0.15, 0.2) is 48.5 Å². The van der Waals surface area contributed by atoms with Gasteiger partial charge in [-0.2, -0.15) is 0 Å². The number of ether oxygens (including phenoxy) is 1. The molecule has 7 heteroatoms. The van der Waals surface area contributed by atoms with E-state index in [0.29, 0.717) is 6.42 Å². The molecule has 1 aliphatic heterocycles. The molecule has 0 spiro atoms. The third-order valence-corrected chi connectivity index (χ3v) is 7.85. The van der Waals surface area contributed by atoms with Gasteiger partial charge in [0, 0.05) is 24.4 Å². The van der Waals surface area contributed by atoms with Crippen molar-refractivity contribution in [1.29, 1.82) is 0 Å². The van der Waals surface area contributed by atoms with Crippen molar-refractivity contribution in [2.75, 3.05) is 6.61 Å². The number of aliphatic carboxylic acids is 1. The van der Waals surface area contributed by atoms with Crippen LogP contribution in [-0.4, -0.2) is 52.7 Å². The Hall–Kier alpha value is -3.35. The number of alkyl carbamates (subject to hydrolysis) is 1. The van der Waals surface area contributed by atoms with Gasteiger partial charge in [0.15, 0.2) is 0 Å². The number of hydrogen-bond donors (Lipinski definition) is 2. The fourth-order valence-corrected chi connectivity index (χ4v) is 6.30. The van der Waals surface area contributed by atoms with E-state index in [9.17, 15) is 19.5 Å². The van der Waals surface area contributed by atoms with Crippen LogP contribution in [0.5, 0.6) is 0 Å². The van der Waals surface area contributed by atoms with Gasteiger partial charge in [-0.3, -0.25) is 4.79 Å². The molecule has 0 radical (unpaired) electrons. The van der Waals surface area contributed by atoms with Crippen LogP contribution in [0.4, 0.5) is 4.79 Å². The second-order valence-corrected chi connectivity index (χ2v) is 10.1. The van der Waals surface area contributed by atoms with E-state index in [1.807, 2.05) is 24.3 Å². The van der Waals surface area contributed by atoms with Crippen LogP contribution in [0.2, 0.25) is 0 Å². The van der Waals surface area contributed by atoms with E-state index >= 15 is 0 Å². The van der Waals surface area contributed by atoms with Crippen molar-refractivity contribution in [2.45, 2.75) is 69.5 Å². The zero-order chi connectivity index (χ0) is 24.5. The molecule has 1 saturated carbocycles. The topological polar surface area (TPSA) is 95.9 Å². The summed E-state index contributed by atoms with van der Waals surface area (Å²) in [5.41, 5.74) is 4.60. The van der Waals surface area contributed by atoms with Gasteiger partial charge in [0.25, 0.3) is 0 Å². The highest BCUT2D eigenvalue weighted by atomic mass is 16.5. The highest BCUT2D eigenvalue weighted by Gasteiger charge is 2.47. The van der Waals surface area contributed by atoms with Crippen molar-refractivity contribution in [1.82, 2.24) is 10.2 Å². The Morgan fingerprint density at radius 1 is 1.03 bits per heavy atom. The first kappa shape index (κ1) is 23.4. The molecule has 5 rings (SSSR count). The molecule has 0 bridgehead atoms. The quantitative estimate of drug-likeness (QED) is 0.638. The number of amides is 2. The maximum Gasteiger partial charge on any atom is 0.407 e. The van der Waals surface area contributed by atoms with E-state index in [0.717, 1.165) is 47.9 Å². The lowest BCUT2D eigenvalue weighted by Crippen LogP contribution is -2.48. The van der Waals surface area contributed by atoms with Crippen molar-refractivity contribution in [3.8, 4) is 11.1 Å². The molecule has 2 aliphatic carbocycles. The standard InChI is InChI=1S/C28H32N2O5/c1-17(14-26(31)30-24-13-7-2-8-18(24)15-25(30)27(32)33)29-28(34)35-16-23-21-11-5-3-9-19(21)20-10-4-6-12-22(20)23/h3-6,9-12,17-18,23-25H,2,7-8,13-16H2,1H3,(H,29,34)(H,32,33). The molecule has 4 atom stereocenters. The first-order chi connectivity index (χ1) is 16.9. The zero-order valence-electron chi connectivity index (χ0n) is 20.0. The van der Waals surface area contributed by atoms with E-state index in [-0.39, 0.29) is 36.8 Å². The number of nitrogens with one attached hydrogen (secondary N) is 1. The van der Waals surface area contributed by atoms with E-state index in [1.165, 1.54) is 0 Å². The summed E-state index contributed by atoms with van der Waals surface area (Å²) in [4.78, 5) is 39.1. The normalized spacial score (nSPS) is 23.7. The predicted molar refractivity (Wildman–Crippen MR) is 131 cm³/mol. The Kier molecular flexibility index (Phi) is 6.50. The van der Waals surface area contributed by atoms with Crippen molar-refractivity contribution < 1.29 is 24.2 Å². The maximum atomic E-state index is 13.1. The highest BCUT2D eigenvalue weighted by Crippen LogP contribution is 2.44. The van der Waals surface area contributed by atoms with Gasteiger partial charge in [-0.05, 0) is 54.4 Å². The van der Waals surface area contributed by atoms with Crippen LogP contribution >= 0.6 is 0 Å². The second-order valence-electron chi connectivity index (χ2n) is 10.1. The van der Waals surface area contributed by atoms with Crippen molar-refractivity contribution >= 4 is 18.0 Å². The highest BCUT2D eigenvalue weighted by molar-refractivity contribution is 5.85. The fourth-order valence-electron chi connectivity index (χ4n) is 6.30. The van der Waals surface area contributed by atoms with Gasteiger partial charge in [0.2, 0.25) is 5.91 Å². The number of carboxylic acid groups (broad SMARTS) is 1. The number of rotatable bonds is 6. The number of nitrogens with zero attached hydrogens (tertiary/aromatic N) is 1. The molecule has 2 aromatic rings. The predicted octanol–water partition coefficient (Wildman–Crippen LogP) is 4.55. The molecule has 7 nitrogen and oxygen atoms in total. The SMILES string of the molecule is CC(CC(=O)N1C(C(=O)O)CC2CCCCC21)NC(=O)OCC1c2ccccc2-c2ccccc21. The van der Waals surface area contributed by atoms with Gasteiger partial charge in [-0.25, -0.2) is 9.59 Å². The average Bonchev–Trinajstić information content (AvgIpc) is 3.39. The molecule has 3 aliphatic rings. The van der Waals surface area contributed by atoms with E-state index in [1.54, 1.807) is 11.8 Å². The second kappa shape index (κ2) is 9.72. The fraction of sp³-hybridized carbons (Fsp3) is 0.464. The molecule has 2 fully saturated rings. The van der Waals surface area contributed by atoms with E-state index < -0.39 is 24.1 Å². The summed E-state index contributed by atoms with van der Waals surface area (Å²) >= 11 is 0. The molecule has 0 aromatic heterocycles. The van der Waals surface area contributed by atoms with E-state index in [2.05, 4.69) is 29.6 Å². The Balaban J connectivity index is 1.18. The lowest BCUT2D eigenvalue weighted by molar-refractivity contribution is -0.150. The first-order valence-electron chi connectivity index (χ1n) is 12.6. The van der Waals surface area contributed by atoms with Crippen LogP contribution in [-0.2, 0) is 14.3 Å². The molecule has 184 valence electrons. The number of fused-ring (bicyclic) bond motifs is 4. The lowest BCUT2D eigenvalue weighted by atomic mass is 9.84. The molecule has 1 heterocycles. The summed E-state index contributed by atoms with van der Waals surface area (Å²) in [7, 11) is 0. The number of benzene rings is 2. The summed E-state index contributed by atoms with van der Waals surface area (Å²) < 4.78 is 5.59. The van der Waals surface area contributed by atoms with Crippen LogP contribution < -0.4 is 5.32 Å². The molecule has 2 N–H and O–H groups in total. The maximum absolute atomic E-state index is 13.1. The lowest BCUT2D eigenvalue weighted by Gasteiger charge is -2.33. The van der Waals surface area contributed by atoms with E-state index in [4.69, 9.17) is 4.74 Å². The summed E-state index contributed by atoms with van der Waals surface area (Å²) in [6, 6.07) is 15.1. The molecular formula is C28H32N2O5. The third kappa shape index (κ3) is 4.51. The number of hydrogen-bond acceptors (Lipinski definition) is 4. The summed E-state index contributed by atoms with van der Waals surface area (Å²) in [5.74, 6) is -0.920. The van der Waals surface area contributed by atoms with Gasteiger partial charge in [-0.15, -0.1) is 0 Å². The molecule has 2 amide bonds. The van der Waals surface area contributed by atoms with Crippen molar-refractivity contribution in [3.63, 3.8) is 0 Å². The first-order valence-corrected chi connectivity index (χ1v) is 12.6. The Bertz CT molecular complexity index is 1090. The van der Waals surface area contributed by atoms with Crippen LogP contribution in [0.3, 0.4) is 0 Å². The zero-order valence-corrected chi connectivity index (χ0v) is 20.0. The minimum absolute atomic E-state index is 0.000922. The van der Waals surface area contributed by atoms with Gasteiger partial charge in [0.05, 0.1) is 0 Å². The molecule has 35 heavy (non-hydrogen) atoms. The van der Waals surface area contributed by atoms with Gasteiger partial charge in [-0.1, -0.05) is 61.4 Å². The number of carbonyl (C=O) groups is 3. The molecular weight excluding hydrogens is 444 g/mol. The number of likely N-dealkylation sites (tertiary alicyclic amines) is 1. The Morgan fingerprint density at radius 3 is 2.31 bits per heavy atom. The summed E-state index contributed by atoms with van der Waals surface area (Å²) in [6.45, 7) is 1.96. The smallest absolute Gasteiger partial charge is 0.407 e. The van der Waals surface area contributed by atoms with Crippen LogP contribution in [0, 0.1) is 5.92 Å². The number of carboxylic acids is 1. The average molecular weight is 477 g/mol. The van der Waals surface area contributed by atoms with Gasteiger partial charge in [0.1, 0.15) is 12.6 Å². The summed E-state index contributed by atoms with van der Waals surface area (Å²) in [5, 5.41) is 12.5. The number of carbonyl (C=O) groups excluding carboxylic acids is 2. The monoisotopic (exact) mass is 476 g/mol. The molecule has 4 unspecified atom stereocenters. The third-order valence-electron chi connectivity index (χ3n) is 7.85. The Morgan fingerprint density at radius 2 is 1.66 bits per heavy atom. The van der Waals surface area contributed by atoms with Crippen molar-refractivity contribution in [3.05, 3.63) is 59.7 Å². The van der Waals surface area contributed by atoms with Gasteiger partial charge >= 0.3 is 12.1 Å². The van der Waals surface area contributed by atoms with Crippen LogP contribution in [0.25, 0.3) is 11.1 Å². The van der Waals surface area contributed by atoms with Crippen LogP contribution in [0.1, 0.15) is 62.5 Å². The minimum atomic E-state index is -0.940. The minimum Gasteiger partial charge on any atom is -0.480 e. The van der Waals surface area contributed by atoms with Crippen molar-refractivity contribution in [2.24, 2.45) is 5.92 Å².